The number of rotatable bonds is 5. The van der Waals surface area contributed by atoms with Crippen LogP contribution in [0.1, 0.15) is 13.3 Å². The third-order valence-electron chi connectivity index (χ3n) is 3.37. The number of hydrogen-bond donors (Lipinski definition) is 1. The Morgan fingerprint density at radius 1 is 1.57 bits per heavy atom. The van der Waals surface area contributed by atoms with E-state index in [0.29, 0.717) is 13.0 Å². The molecule has 0 amide bonds. The van der Waals surface area contributed by atoms with Crippen LogP contribution in [-0.4, -0.2) is 54.4 Å². The highest BCUT2D eigenvalue weighted by molar-refractivity contribution is 7.91. The van der Waals surface area contributed by atoms with Crippen molar-refractivity contribution in [2.24, 2.45) is 0 Å². The Balaban J connectivity index is 2.35. The Labute approximate surface area is 122 Å². The van der Waals surface area contributed by atoms with E-state index in [0.717, 1.165) is 6.20 Å². The normalized spacial score (nSPS) is 20.2. The molecule has 116 valence electrons. The van der Waals surface area contributed by atoms with Gasteiger partial charge >= 0.3 is 5.69 Å². The van der Waals surface area contributed by atoms with Crippen LogP contribution in [0, 0.1) is 10.1 Å². The first-order chi connectivity index (χ1) is 9.84. The molecule has 1 atom stereocenters. The summed E-state index contributed by atoms with van der Waals surface area (Å²) in [6.07, 6.45) is 1.58. The smallest absolute Gasteiger partial charge is 0.329 e. The summed E-state index contributed by atoms with van der Waals surface area (Å²) < 4.78 is 23.1. The fourth-order valence-corrected chi connectivity index (χ4v) is 4.03. The maximum atomic E-state index is 11.6. The fraction of sp³-hybridized carbons (Fsp3) is 0.636. The van der Waals surface area contributed by atoms with Gasteiger partial charge in [0.1, 0.15) is 6.20 Å². The second-order valence-corrected chi connectivity index (χ2v) is 7.09. The van der Waals surface area contributed by atoms with Crippen molar-refractivity contribution in [1.82, 2.24) is 9.97 Å². The topological polar surface area (TPSA) is 118 Å². The summed E-state index contributed by atoms with van der Waals surface area (Å²) in [7, 11) is -1.45. The summed E-state index contributed by atoms with van der Waals surface area (Å²) in [6.45, 7) is 2.44. The summed E-state index contributed by atoms with van der Waals surface area (Å²) in [5, 5.41) is 14.0. The zero-order chi connectivity index (χ0) is 15.6. The lowest BCUT2D eigenvalue weighted by Gasteiger charge is -2.24. The molecule has 0 bridgehead atoms. The predicted octanol–water partition coefficient (Wildman–Crippen LogP) is 0.440. The van der Waals surface area contributed by atoms with Crippen LogP contribution in [0.5, 0.6) is 0 Å². The van der Waals surface area contributed by atoms with Crippen molar-refractivity contribution >= 4 is 27.3 Å². The molecule has 0 spiro atoms. The highest BCUT2D eigenvalue weighted by atomic mass is 32.2. The van der Waals surface area contributed by atoms with Gasteiger partial charge in [-0.3, -0.25) is 10.1 Å². The number of sulfone groups is 1. The summed E-state index contributed by atoms with van der Waals surface area (Å²) in [4.78, 5) is 20.1. The second-order valence-electron chi connectivity index (χ2n) is 4.86. The van der Waals surface area contributed by atoms with Gasteiger partial charge in [-0.15, -0.1) is 0 Å². The molecule has 2 heterocycles. The molecule has 2 rings (SSSR count). The van der Waals surface area contributed by atoms with Gasteiger partial charge < -0.3 is 10.2 Å². The molecule has 21 heavy (non-hydrogen) atoms. The Morgan fingerprint density at radius 3 is 2.81 bits per heavy atom. The zero-order valence-electron chi connectivity index (χ0n) is 11.8. The minimum absolute atomic E-state index is 0.0127. The summed E-state index contributed by atoms with van der Waals surface area (Å²) in [5.74, 6) is 0.501. The molecule has 9 nitrogen and oxygen atoms in total. The van der Waals surface area contributed by atoms with Gasteiger partial charge in [-0.2, -0.15) is 4.98 Å². The minimum atomic E-state index is -3.07. The predicted molar refractivity (Wildman–Crippen MR) is 78.3 cm³/mol. The Bertz CT molecular complexity index is 648. The molecular weight excluding hydrogens is 298 g/mol. The third kappa shape index (κ3) is 3.38. The molecule has 1 aromatic rings. The van der Waals surface area contributed by atoms with Crippen LogP contribution >= 0.6 is 0 Å². The molecule has 0 aliphatic carbocycles. The van der Waals surface area contributed by atoms with Crippen LogP contribution < -0.4 is 10.2 Å². The Morgan fingerprint density at radius 2 is 2.29 bits per heavy atom. The van der Waals surface area contributed by atoms with Gasteiger partial charge in [0.25, 0.3) is 0 Å². The number of anilines is 2. The van der Waals surface area contributed by atoms with Crippen molar-refractivity contribution in [3.8, 4) is 0 Å². The molecular formula is C11H17N5O4S. The Hall–Kier alpha value is -1.97. The first kappa shape index (κ1) is 15.4. The van der Waals surface area contributed by atoms with Gasteiger partial charge in [-0.1, -0.05) is 0 Å². The van der Waals surface area contributed by atoms with Gasteiger partial charge in [0, 0.05) is 19.6 Å². The average Bonchev–Trinajstić information content (AvgIpc) is 2.78. The van der Waals surface area contributed by atoms with Gasteiger partial charge in [0.2, 0.25) is 11.8 Å². The maximum absolute atomic E-state index is 11.6. The molecule has 1 aromatic heterocycles. The van der Waals surface area contributed by atoms with Crippen LogP contribution in [-0.2, 0) is 9.84 Å². The molecule has 1 saturated heterocycles. The van der Waals surface area contributed by atoms with Crippen LogP contribution in [0.15, 0.2) is 6.20 Å². The van der Waals surface area contributed by atoms with Crippen molar-refractivity contribution in [2.45, 2.75) is 19.4 Å². The maximum Gasteiger partial charge on any atom is 0.329 e. The van der Waals surface area contributed by atoms with Crippen molar-refractivity contribution in [3.05, 3.63) is 16.3 Å². The van der Waals surface area contributed by atoms with E-state index in [1.54, 1.807) is 11.9 Å². The largest absolute Gasteiger partial charge is 0.354 e. The van der Waals surface area contributed by atoms with E-state index in [9.17, 15) is 18.5 Å². The van der Waals surface area contributed by atoms with Crippen molar-refractivity contribution in [2.75, 3.05) is 35.3 Å². The van der Waals surface area contributed by atoms with Gasteiger partial charge in [0.15, 0.2) is 9.84 Å². The minimum Gasteiger partial charge on any atom is -0.354 e. The molecule has 0 radical (unpaired) electrons. The lowest BCUT2D eigenvalue weighted by molar-refractivity contribution is -0.384. The molecule has 1 aliphatic heterocycles. The van der Waals surface area contributed by atoms with E-state index in [-0.39, 0.29) is 35.0 Å². The van der Waals surface area contributed by atoms with Crippen molar-refractivity contribution in [1.29, 1.82) is 0 Å². The number of aromatic nitrogens is 2. The zero-order valence-corrected chi connectivity index (χ0v) is 12.6. The van der Waals surface area contributed by atoms with Gasteiger partial charge in [-0.05, 0) is 13.3 Å². The van der Waals surface area contributed by atoms with Crippen LogP contribution in [0.2, 0.25) is 0 Å². The van der Waals surface area contributed by atoms with E-state index < -0.39 is 14.8 Å². The first-order valence-electron chi connectivity index (χ1n) is 6.52. The Kier molecular flexibility index (Phi) is 4.26. The SMILES string of the molecule is CCNc1ncc([N+](=O)[O-])c(N(C)C2CCS(=O)(=O)C2)n1. The van der Waals surface area contributed by atoms with E-state index in [4.69, 9.17) is 0 Å². The van der Waals surface area contributed by atoms with E-state index in [2.05, 4.69) is 15.3 Å². The fourth-order valence-electron chi connectivity index (χ4n) is 2.25. The van der Waals surface area contributed by atoms with Crippen molar-refractivity contribution < 1.29 is 13.3 Å². The molecule has 10 heteroatoms. The van der Waals surface area contributed by atoms with Gasteiger partial charge in [0.05, 0.1) is 16.4 Å². The lowest BCUT2D eigenvalue weighted by atomic mass is 10.2. The number of nitrogens with one attached hydrogen (secondary N) is 1. The summed E-state index contributed by atoms with van der Waals surface area (Å²) in [6, 6.07) is -0.307. The summed E-state index contributed by atoms with van der Waals surface area (Å²) in [5.41, 5.74) is -0.233. The molecule has 0 aromatic carbocycles. The number of nitro groups is 1. The number of hydrogen-bond acceptors (Lipinski definition) is 8. The second kappa shape index (κ2) is 5.80. The van der Waals surface area contributed by atoms with Crippen LogP contribution in [0.4, 0.5) is 17.5 Å². The van der Waals surface area contributed by atoms with E-state index in [1.807, 2.05) is 6.92 Å². The summed E-state index contributed by atoms with van der Waals surface area (Å²) >= 11 is 0. The first-order valence-corrected chi connectivity index (χ1v) is 8.34. The number of nitrogens with zero attached hydrogens (tertiary/aromatic N) is 4. The standard InChI is InChI=1S/C11H17N5O4S/c1-3-12-11-13-6-9(16(17)18)10(14-11)15(2)8-4-5-21(19,20)7-8/h6,8H,3-5,7H2,1-2H3,(H,12,13,14). The third-order valence-corrected chi connectivity index (χ3v) is 5.12. The lowest BCUT2D eigenvalue weighted by Crippen LogP contribution is -2.34. The molecule has 1 unspecified atom stereocenters. The molecule has 0 saturated carbocycles. The van der Waals surface area contributed by atoms with E-state index >= 15 is 0 Å². The van der Waals surface area contributed by atoms with Gasteiger partial charge in [-0.25, -0.2) is 13.4 Å². The average molecular weight is 315 g/mol. The molecule has 1 aliphatic rings. The molecule has 1 N–H and O–H groups in total. The highest BCUT2D eigenvalue weighted by Gasteiger charge is 2.34. The van der Waals surface area contributed by atoms with E-state index in [1.165, 1.54) is 0 Å². The van der Waals surface area contributed by atoms with Crippen molar-refractivity contribution in [3.63, 3.8) is 0 Å². The molecule has 1 fully saturated rings. The quantitative estimate of drug-likeness (QED) is 0.614. The highest BCUT2D eigenvalue weighted by Crippen LogP contribution is 2.29. The monoisotopic (exact) mass is 315 g/mol. The van der Waals surface area contributed by atoms with Crippen LogP contribution in [0.3, 0.4) is 0 Å². The van der Waals surface area contributed by atoms with Crippen LogP contribution in [0.25, 0.3) is 0 Å².